The molecule has 0 fully saturated rings. The van der Waals surface area contributed by atoms with Gasteiger partial charge in [-0.05, 0) is 24.6 Å². The molecule has 0 spiro atoms. The first-order valence-electron chi connectivity index (χ1n) is 6.21. The van der Waals surface area contributed by atoms with E-state index < -0.39 is 6.10 Å². The van der Waals surface area contributed by atoms with E-state index in [2.05, 4.69) is 0 Å². The van der Waals surface area contributed by atoms with Crippen LogP contribution < -0.4 is 0 Å². The van der Waals surface area contributed by atoms with Gasteiger partial charge in [-0.15, -0.1) is 11.8 Å². The summed E-state index contributed by atoms with van der Waals surface area (Å²) in [6, 6.07) is 14.3. The van der Waals surface area contributed by atoms with E-state index in [-0.39, 0.29) is 10.6 Å². The zero-order valence-corrected chi connectivity index (χ0v) is 11.8. The molecule has 1 atom stereocenters. The van der Waals surface area contributed by atoms with Crippen molar-refractivity contribution in [1.82, 2.24) is 0 Å². The second kappa shape index (κ2) is 6.54. The number of benzene rings is 2. The highest BCUT2D eigenvalue weighted by Gasteiger charge is 2.12. The second-order valence-electron chi connectivity index (χ2n) is 4.42. The molecule has 2 aromatic rings. The topological polar surface area (TPSA) is 63.4 Å². The molecule has 0 aliphatic heterocycles. The Hall–Kier alpha value is -1.85. The van der Waals surface area contributed by atoms with Crippen LogP contribution in [-0.4, -0.2) is 10.0 Å². The number of hydrogen-bond donors (Lipinski definition) is 1. The smallest absolute Gasteiger partial charge is 0.273 e. The minimum atomic E-state index is -0.512. The number of aliphatic hydroxyl groups is 1. The van der Waals surface area contributed by atoms with E-state index in [1.165, 1.54) is 17.8 Å². The molecule has 2 rings (SSSR count). The van der Waals surface area contributed by atoms with Gasteiger partial charge >= 0.3 is 0 Å². The molecule has 0 heterocycles. The monoisotopic (exact) mass is 289 g/mol. The van der Waals surface area contributed by atoms with Crippen molar-refractivity contribution in [2.24, 2.45) is 0 Å². The summed E-state index contributed by atoms with van der Waals surface area (Å²) < 4.78 is 0. The van der Waals surface area contributed by atoms with E-state index in [0.717, 1.165) is 10.5 Å². The summed E-state index contributed by atoms with van der Waals surface area (Å²) in [5.41, 5.74) is 1.69. The molecule has 20 heavy (non-hydrogen) atoms. The quantitative estimate of drug-likeness (QED) is 0.514. The highest BCUT2D eigenvalue weighted by atomic mass is 32.2. The van der Waals surface area contributed by atoms with Crippen molar-refractivity contribution in [2.45, 2.75) is 23.7 Å². The van der Waals surface area contributed by atoms with E-state index in [9.17, 15) is 15.2 Å². The molecule has 0 bridgehead atoms. The lowest BCUT2D eigenvalue weighted by molar-refractivity contribution is -0.385. The second-order valence-corrected chi connectivity index (χ2v) is 5.47. The average molecular weight is 289 g/mol. The number of thioether (sulfide) groups is 1. The molecule has 0 saturated carbocycles. The number of rotatable bonds is 5. The predicted octanol–water partition coefficient (Wildman–Crippen LogP) is 3.94. The van der Waals surface area contributed by atoms with Crippen LogP contribution >= 0.6 is 11.8 Å². The first kappa shape index (κ1) is 14.6. The summed E-state index contributed by atoms with van der Waals surface area (Å²) in [6.45, 7) is 1.71. The fourth-order valence-electron chi connectivity index (χ4n) is 1.84. The molecular weight excluding hydrogens is 274 g/mol. The Balaban J connectivity index is 2.13. The summed E-state index contributed by atoms with van der Waals surface area (Å²) in [5, 5.41) is 20.5. The van der Waals surface area contributed by atoms with Gasteiger partial charge in [-0.2, -0.15) is 0 Å². The van der Waals surface area contributed by atoms with Gasteiger partial charge in [0.1, 0.15) is 0 Å². The van der Waals surface area contributed by atoms with Gasteiger partial charge < -0.3 is 5.11 Å². The van der Waals surface area contributed by atoms with E-state index in [0.29, 0.717) is 11.3 Å². The third-order valence-electron chi connectivity index (χ3n) is 2.92. The van der Waals surface area contributed by atoms with Crippen LogP contribution in [0.4, 0.5) is 5.69 Å². The fourth-order valence-corrected chi connectivity index (χ4v) is 2.80. The Morgan fingerprint density at radius 1 is 1.25 bits per heavy atom. The van der Waals surface area contributed by atoms with Gasteiger partial charge in [-0.3, -0.25) is 10.1 Å². The van der Waals surface area contributed by atoms with Crippen LogP contribution in [0.3, 0.4) is 0 Å². The van der Waals surface area contributed by atoms with Gasteiger partial charge in [-0.1, -0.05) is 30.3 Å². The number of nitro benzene ring substituents is 1. The largest absolute Gasteiger partial charge is 0.389 e. The van der Waals surface area contributed by atoms with Crippen molar-refractivity contribution in [1.29, 1.82) is 0 Å². The van der Waals surface area contributed by atoms with Crippen LogP contribution in [0.2, 0.25) is 0 Å². The molecule has 0 saturated heterocycles. The molecule has 1 N–H and O–H groups in total. The van der Waals surface area contributed by atoms with Gasteiger partial charge in [0.25, 0.3) is 5.69 Å². The maximum absolute atomic E-state index is 10.9. The highest BCUT2D eigenvalue weighted by Crippen LogP contribution is 2.29. The van der Waals surface area contributed by atoms with Crippen LogP contribution in [0.15, 0.2) is 53.4 Å². The zero-order chi connectivity index (χ0) is 14.5. The fraction of sp³-hybridized carbons (Fsp3) is 0.200. The van der Waals surface area contributed by atoms with Gasteiger partial charge in [0.15, 0.2) is 0 Å². The Kier molecular flexibility index (Phi) is 4.76. The highest BCUT2D eigenvalue weighted by molar-refractivity contribution is 7.98. The molecule has 0 aliphatic rings. The molecule has 5 heteroatoms. The Bertz CT molecular complexity index is 614. The minimum Gasteiger partial charge on any atom is -0.389 e. The van der Waals surface area contributed by atoms with Gasteiger partial charge in [0.05, 0.1) is 11.0 Å². The van der Waals surface area contributed by atoms with Crippen molar-refractivity contribution < 1.29 is 10.0 Å². The Morgan fingerprint density at radius 2 is 2.00 bits per heavy atom. The lowest BCUT2D eigenvalue weighted by Crippen LogP contribution is -1.94. The van der Waals surface area contributed by atoms with Crippen LogP contribution in [0.25, 0.3) is 0 Å². The normalized spacial score (nSPS) is 12.1. The molecular formula is C15H15NO3S. The number of nitro groups is 1. The summed E-state index contributed by atoms with van der Waals surface area (Å²) in [6.07, 6.45) is -0.512. The lowest BCUT2D eigenvalue weighted by atomic mass is 10.1. The number of nitrogens with zero attached hydrogens (tertiary/aromatic N) is 1. The van der Waals surface area contributed by atoms with E-state index in [4.69, 9.17) is 0 Å². The molecule has 104 valence electrons. The van der Waals surface area contributed by atoms with E-state index in [1.807, 2.05) is 24.3 Å². The van der Waals surface area contributed by atoms with Crippen molar-refractivity contribution >= 4 is 17.4 Å². The lowest BCUT2D eigenvalue weighted by Gasteiger charge is -2.07. The SMILES string of the molecule is CC(O)c1cccc(SCc2ccccc2[N+](=O)[O-])c1. The maximum Gasteiger partial charge on any atom is 0.273 e. The zero-order valence-electron chi connectivity index (χ0n) is 11.0. The van der Waals surface area contributed by atoms with Gasteiger partial charge in [-0.25, -0.2) is 0 Å². The van der Waals surface area contributed by atoms with Crippen molar-refractivity contribution in [3.05, 3.63) is 69.8 Å². The molecule has 0 aromatic heterocycles. The maximum atomic E-state index is 10.9. The number of para-hydroxylation sites is 1. The third kappa shape index (κ3) is 3.59. The molecule has 1 unspecified atom stereocenters. The van der Waals surface area contributed by atoms with Crippen molar-refractivity contribution in [3.8, 4) is 0 Å². The first-order chi connectivity index (χ1) is 9.58. The first-order valence-corrected chi connectivity index (χ1v) is 7.19. The summed E-state index contributed by atoms with van der Waals surface area (Å²) in [4.78, 5) is 11.6. The molecule has 0 radical (unpaired) electrons. The Labute approximate surface area is 121 Å². The van der Waals surface area contributed by atoms with Crippen LogP contribution in [-0.2, 0) is 5.75 Å². The molecule has 0 aliphatic carbocycles. The van der Waals surface area contributed by atoms with Gasteiger partial charge in [0.2, 0.25) is 0 Å². The molecule has 4 nitrogen and oxygen atoms in total. The Morgan fingerprint density at radius 3 is 2.70 bits per heavy atom. The predicted molar refractivity (Wildman–Crippen MR) is 79.7 cm³/mol. The summed E-state index contributed by atoms with van der Waals surface area (Å²) in [7, 11) is 0. The van der Waals surface area contributed by atoms with Crippen LogP contribution in [0.5, 0.6) is 0 Å². The van der Waals surface area contributed by atoms with Crippen molar-refractivity contribution in [3.63, 3.8) is 0 Å². The minimum absolute atomic E-state index is 0.145. The van der Waals surface area contributed by atoms with Crippen molar-refractivity contribution in [2.75, 3.05) is 0 Å². The molecule has 2 aromatic carbocycles. The van der Waals surface area contributed by atoms with Crippen LogP contribution in [0.1, 0.15) is 24.2 Å². The number of aliphatic hydroxyl groups excluding tert-OH is 1. The van der Waals surface area contributed by atoms with Crippen LogP contribution in [0, 0.1) is 10.1 Å². The van der Waals surface area contributed by atoms with E-state index in [1.54, 1.807) is 25.1 Å². The van der Waals surface area contributed by atoms with Gasteiger partial charge in [0, 0.05) is 22.3 Å². The average Bonchev–Trinajstić information content (AvgIpc) is 2.45. The standard InChI is InChI=1S/C15H15NO3S/c1-11(17)12-6-4-7-14(9-12)20-10-13-5-2-3-8-15(13)16(18)19/h2-9,11,17H,10H2,1H3. The summed E-state index contributed by atoms with van der Waals surface area (Å²) in [5.74, 6) is 0.528. The third-order valence-corrected chi connectivity index (χ3v) is 3.97. The number of hydrogen-bond acceptors (Lipinski definition) is 4. The molecule has 0 amide bonds. The van der Waals surface area contributed by atoms with E-state index >= 15 is 0 Å². The summed E-state index contributed by atoms with van der Waals surface area (Å²) >= 11 is 1.52.